The van der Waals surface area contributed by atoms with E-state index in [4.69, 9.17) is 4.74 Å². The molecular weight excluding hydrogens is 513 g/mol. The molecule has 36 heavy (non-hydrogen) atoms. The molecule has 9 heteroatoms. The minimum atomic E-state index is -4.49. The molecule has 0 radical (unpaired) electrons. The van der Waals surface area contributed by atoms with Gasteiger partial charge in [0, 0.05) is 26.8 Å². The Labute approximate surface area is 216 Å². The largest absolute Gasteiger partial charge is 0.456 e. The molecule has 0 saturated heterocycles. The molecule has 0 spiro atoms. The molecule has 0 fully saturated rings. The van der Waals surface area contributed by atoms with E-state index in [0.29, 0.717) is 0 Å². The maximum atomic E-state index is 14.2. The Kier molecular flexibility index (Phi) is 9.89. The van der Waals surface area contributed by atoms with Crippen LogP contribution in [-0.4, -0.2) is 41.6 Å². The summed E-state index contributed by atoms with van der Waals surface area (Å²) >= 11 is 0. The third-order valence-electron chi connectivity index (χ3n) is 5.48. The van der Waals surface area contributed by atoms with Crippen molar-refractivity contribution >= 4 is 33.7 Å². The molecule has 0 bridgehead atoms. The van der Waals surface area contributed by atoms with Gasteiger partial charge in [-0.25, -0.2) is 21.6 Å². The van der Waals surface area contributed by atoms with E-state index in [-0.39, 0.29) is 22.8 Å². The monoisotopic (exact) mass is 546 g/mol. The van der Waals surface area contributed by atoms with Gasteiger partial charge in [-0.1, -0.05) is 73.6 Å². The molecule has 2 aromatic carbocycles. The van der Waals surface area contributed by atoms with E-state index >= 15 is 0 Å². The average Bonchev–Trinajstić information content (AvgIpc) is 2.81. The van der Waals surface area contributed by atoms with Gasteiger partial charge in [-0.05, 0) is 44.2 Å². The zero-order valence-corrected chi connectivity index (χ0v) is 24.1. The Hall–Kier alpha value is -2.67. The summed E-state index contributed by atoms with van der Waals surface area (Å²) in [5, 5.41) is 0. The van der Waals surface area contributed by atoms with Gasteiger partial charge in [0.25, 0.3) is 0 Å². The summed E-state index contributed by atoms with van der Waals surface area (Å²) in [7, 11) is -10.5. The number of ether oxygens (including phenoxy) is 1. The van der Waals surface area contributed by atoms with E-state index in [1.54, 1.807) is 49.4 Å². The number of carbonyl (C=O) groups is 1. The molecule has 194 valence electrons. The van der Waals surface area contributed by atoms with Crippen LogP contribution in [0.25, 0.3) is 0 Å². The first-order valence-electron chi connectivity index (χ1n) is 11.7. The summed E-state index contributed by atoms with van der Waals surface area (Å²) in [6.45, 7) is 10.2. The highest BCUT2D eigenvalue weighted by atomic mass is 32.3. The zero-order valence-electron chi connectivity index (χ0n) is 21.4. The number of sulfone groups is 2. The fourth-order valence-corrected chi connectivity index (χ4v) is 10.5. The second kappa shape index (κ2) is 12.0. The highest BCUT2D eigenvalue weighted by Crippen LogP contribution is 2.42. The minimum Gasteiger partial charge on any atom is -0.456 e. The average molecular weight is 547 g/mol. The van der Waals surface area contributed by atoms with Crippen molar-refractivity contribution in [3.05, 3.63) is 72.3 Å². The Bertz CT molecular complexity index is 1280. The van der Waals surface area contributed by atoms with Gasteiger partial charge in [-0.3, -0.25) is 0 Å². The fraction of sp³-hybridized carbons (Fsp3) is 0.370. The molecule has 0 N–H and O–H groups in total. The van der Waals surface area contributed by atoms with Gasteiger partial charge in [0.1, 0.15) is 0 Å². The number of benzene rings is 2. The molecule has 2 aromatic rings. The van der Waals surface area contributed by atoms with Gasteiger partial charge in [-0.15, -0.1) is 0 Å². The van der Waals surface area contributed by atoms with Crippen molar-refractivity contribution in [2.45, 2.75) is 66.2 Å². The van der Waals surface area contributed by atoms with Crippen LogP contribution in [0.2, 0.25) is 25.7 Å². The molecule has 0 heterocycles. The van der Waals surface area contributed by atoms with Gasteiger partial charge in [0.2, 0.25) is 0 Å². The summed E-state index contributed by atoms with van der Waals surface area (Å²) in [6.07, 6.45) is 0.789. The number of carbonyl (C=O) groups excluding carboxylic acids is 1. The Morgan fingerprint density at radius 3 is 1.81 bits per heavy atom. The lowest BCUT2D eigenvalue weighted by molar-refractivity contribution is -0.136. The first-order valence-corrected chi connectivity index (χ1v) is 18.3. The summed E-state index contributed by atoms with van der Waals surface area (Å²) in [5.74, 6) is 3.95. The molecule has 2 rings (SSSR count). The molecule has 6 nitrogen and oxygen atoms in total. The molecule has 0 aromatic heterocycles. The van der Waals surface area contributed by atoms with E-state index < -0.39 is 44.2 Å². The second-order valence-electron chi connectivity index (χ2n) is 9.73. The topological polar surface area (TPSA) is 94.6 Å². The maximum Gasteiger partial charge on any atom is 0.384 e. The summed E-state index contributed by atoms with van der Waals surface area (Å²) in [5.41, 5.74) is 0.920. The lowest BCUT2D eigenvalue weighted by Gasteiger charge is -2.31. The van der Waals surface area contributed by atoms with E-state index in [1.165, 1.54) is 24.3 Å². The highest BCUT2D eigenvalue weighted by Gasteiger charge is 2.55. The third-order valence-corrected chi connectivity index (χ3v) is 12.8. The van der Waals surface area contributed by atoms with Crippen LogP contribution in [0.4, 0.5) is 0 Å². The molecule has 0 aliphatic carbocycles. The van der Waals surface area contributed by atoms with E-state index in [9.17, 15) is 21.6 Å². The van der Waals surface area contributed by atoms with Crippen molar-refractivity contribution < 1.29 is 26.4 Å². The van der Waals surface area contributed by atoms with Crippen molar-refractivity contribution in [1.29, 1.82) is 0 Å². The Morgan fingerprint density at radius 2 is 1.39 bits per heavy atom. The van der Waals surface area contributed by atoms with Gasteiger partial charge in [0.05, 0.1) is 16.4 Å². The maximum absolute atomic E-state index is 14.2. The van der Waals surface area contributed by atoms with E-state index in [1.807, 2.05) is 6.92 Å². The smallest absolute Gasteiger partial charge is 0.384 e. The van der Waals surface area contributed by atoms with Gasteiger partial charge in [0.15, 0.2) is 23.8 Å². The quantitative estimate of drug-likeness (QED) is 0.133. The zero-order chi connectivity index (χ0) is 27.0. The van der Waals surface area contributed by atoms with Crippen LogP contribution in [0.3, 0.4) is 0 Å². The molecule has 0 amide bonds. The van der Waals surface area contributed by atoms with Crippen molar-refractivity contribution in [1.82, 2.24) is 0 Å². The van der Waals surface area contributed by atoms with Crippen LogP contribution < -0.4 is 0 Å². The van der Waals surface area contributed by atoms with Crippen molar-refractivity contribution in [2.24, 2.45) is 0 Å². The molecule has 0 unspecified atom stereocenters. The van der Waals surface area contributed by atoms with Gasteiger partial charge in [-0.2, -0.15) is 0 Å². The van der Waals surface area contributed by atoms with E-state index in [0.717, 1.165) is 11.6 Å². The minimum absolute atomic E-state index is 0.0991. The van der Waals surface area contributed by atoms with Crippen LogP contribution >= 0.6 is 0 Å². The van der Waals surface area contributed by atoms with Crippen molar-refractivity contribution in [3.8, 4) is 11.8 Å². The molecule has 0 aliphatic heterocycles. The second-order valence-corrected chi connectivity index (χ2v) is 20.0. The predicted octanol–water partition coefficient (Wildman–Crippen LogP) is 5.26. The number of rotatable bonds is 10. The first kappa shape index (κ1) is 29.6. The van der Waals surface area contributed by atoms with Crippen LogP contribution in [0, 0.1) is 11.8 Å². The number of hydrogen-bond donors (Lipinski definition) is 0. The normalized spacial score (nSPS) is 13.0. The molecule has 0 atom stereocenters. The number of esters is 1. The van der Waals surface area contributed by atoms with Crippen molar-refractivity contribution in [3.63, 3.8) is 0 Å². The van der Waals surface area contributed by atoms with Crippen LogP contribution in [0.1, 0.15) is 26.7 Å². The van der Waals surface area contributed by atoms with Crippen LogP contribution in [0.15, 0.2) is 82.1 Å². The third kappa shape index (κ3) is 6.96. The summed E-state index contributed by atoms with van der Waals surface area (Å²) < 4.78 is 59.2. The van der Waals surface area contributed by atoms with Crippen LogP contribution in [0.5, 0.6) is 0 Å². The highest BCUT2D eigenvalue weighted by molar-refractivity contribution is 8.10. The van der Waals surface area contributed by atoms with Gasteiger partial charge < -0.3 is 4.74 Å². The lowest BCUT2D eigenvalue weighted by atomic mass is 10.1. The summed E-state index contributed by atoms with van der Waals surface area (Å²) in [6, 6.07) is 15.8. The fourth-order valence-electron chi connectivity index (χ4n) is 3.91. The SMILES string of the molecule is CCOC(=O)C#CCC(C/C=C(\C)C[Si](C)(C)C)(S(=O)(=O)c1ccccc1)S(=O)(=O)c1ccccc1. The Morgan fingerprint density at radius 1 is 0.917 bits per heavy atom. The Balaban J connectivity index is 2.85. The predicted molar refractivity (Wildman–Crippen MR) is 146 cm³/mol. The number of hydrogen-bond acceptors (Lipinski definition) is 6. The molecular formula is C27H34O6S2Si. The van der Waals surface area contributed by atoms with Crippen LogP contribution in [-0.2, 0) is 29.2 Å². The molecule has 0 saturated carbocycles. The summed E-state index contributed by atoms with van der Waals surface area (Å²) in [4.78, 5) is 11.6. The van der Waals surface area contributed by atoms with E-state index in [2.05, 4.69) is 31.5 Å². The number of allylic oxidation sites excluding steroid dienone is 2. The standard InChI is InChI=1S/C27H34O6S2Si/c1-6-33-26(28)18-13-20-27(21-19-23(2)22-36(3,4)5,34(29,30)24-14-9-7-10-15-24)35(31,32)25-16-11-8-12-17-25/h7-12,14-17,19H,6,20-22H2,1-5H3/b23-19+. The lowest BCUT2D eigenvalue weighted by Crippen LogP contribution is -2.46. The van der Waals surface area contributed by atoms with Crippen molar-refractivity contribution in [2.75, 3.05) is 6.61 Å². The molecule has 0 aliphatic rings. The van der Waals surface area contributed by atoms with Gasteiger partial charge >= 0.3 is 5.97 Å². The first-order chi connectivity index (χ1) is 16.8.